The van der Waals surface area contributed by atoms with Gasteiger partial charge in [0.2, 0.25) is 5.91 Å². The van der Waals surface area contributed by atoms with Gasteiger partial charge in [0.15, 0.2) is 0 Å². The molecular formula is C17H18N6O3. The summed E-state index contributed by atoms with van der Waals surface area (Å²) in [5.41, 5.74) is 2.82. The maximum absolute atomic E-state index is 12.0. The van der Waals surface area contributed by atoms with Crippen molar-refractivity contribution < 1.29 is 9.72 Å². The lowest BCUT2D eigenvalue weighted by atomic mass is 10.1. The van der Waals surface area contributed by atoms with Crippen LogP contribution < -0.4 is 5.32 Å². The first-order chi connectivity index (χ1) is 12.5. The third kappa shape index (κ3) is 4.53. The zero-order valence-electron chi connectivity index (χ0n) is 14.2. The minimum Gasteiger partial charge on any atom is -0.323 e. The molecule has 2 heterocycles. The van der Waals surface area contributed by atoms with E-state index in [1.807, 2.05) is 25.1 Å². The Kier molecular flexibility index (Phi) is 5.07. The number of benzene rings is 1. The van der Waals surface area contributed by atoms with Crippen LogP contribution in [0.2, 0.25) is 0 Å². The zero-order chi connectivity index (χ0) is 18.5. The van der Waals surface area contributed by atoms with Crippen LogP contribution in [-0.2, 0) is 17.9 Å². The van der Waals surface area contributed by atoms with Crippen LogP contribution in [0.3, 0.4) is 0 Å². The topological polar surface area (TPSA) is 108 Å². The Balaban J connectivity index is 1.51. The number of nitrogens with one attached hydrogen (secondary N) is 1. The van der Waals surface area contributed by atoms with Crippen LogP contribution in [0.1, 0.15) is 17.5 Å². The summed E-state index contributed by atoms with van der Waals surface area (Å²) < 4.78 is 3.13. The number of aryl methyl sites for hydroxylation is 2. The van der Waals surface area contributed by atoms with Crippen LogP contribution >= 0.6 is 0 Å². The lowest BCUT2D eigenvalue weighted by Crippen LogP contribution is -2.14. The number of aromatic nitrogens is 4. The van der Waals surface area contributed by atoms with Gasteiger partial charge < -0.3 is 5.32 Å². The monoisotopic (exact) mass is 354 g/mol. The molecular weight excluding hydrogens is 336 g/mol. The smallest absolute Gasteiger partial charge is 0.306 e. The predicted octanol–water partition coefficient (Wildman–Crippen LogP) is 2.37. The summed E-state index contributed by atoms with van der Waals surface area (Å²) in [5, 5.41) is 21.5. The normalized spacial score (nSPS) is 10.7. The van der Waals surface area contributed by atoms with E-state index < -0.39 is 4.92 Å². The lowest BCUT2D eigenvalue weighted by molar-refractivity contribution is -0.385. The van der Waals surface area contributed by atoms with Crippen molar-refractivity contribution in [2.45, 2.75) is 26.4 Å². The molecule has 3 rings (SSSR count). The van der Waals surface area contributed by atoms with Crippen LogP contribution in [-0.4, -0.2) is 30.4 Å². The minimum atomic E-state index is -0.522. The van der Waals surface area contributed by atoms with Gasteiger partial charge in [-0.3, -0.25) is 24.3 Å². The second kappa shape index (κ2) is 7.60. The van der Waals surface area contributed by atoms with Gasteiger partial charge >= 0.3 is 5.69 Å². The van der Waals surface area contributed by atoms with E-state index in [2.05, 4.69) is 21.6 Å². The lowest BCUT2D eigenvalue weighted by Gasteiger charge is -2.04. The average molecular weight is 354 g/mol. The molecule has 1 amide bonds. The fourth-order valence-corrected chi connectivity index (χ4v) is 2.52. The van der Waals surface area contributed by atoms with Crippen LogP contribution in [0.15, 0.2) is 49.1 Å². The van der Waals surface area contributed by atoms with Crippen molar-refractivity contribution in [3.05, 3.63) is 70.3 Å². The Hall–Kier alpha value is -3.49. The number of hydrogen-bond acceptors (Lipinski definition) is 5. The number of nitro groups is 1. The maximum atomic E-state index is 12.0. The van der Waals surface area contributed by atoms with Crippen LogP contribution in [0.4, 0.5) is 11.4 Å². The van der Waals surface area contributed by atoms with Crippen LogP contribution in [0.5, 0.6) is 0 Å². The Morgan fingerprint density at radius 3 is 2.77 bits per heavy atom. The predicted molar refractivity (Wildman–Crippen MR) is 94.6 cm³/mol. The summed E-state index contributed by atoms with van der Waals surface area (Å²) in [4.78, 5) is 22.1. The first-order valence-corrected chi connectivity index (χ1v) is 8.04. The largest absolute Gasteiger partial charge is 0.323 e. The summed E-state index contributed by atoms with van der Waals surface area (Å²) in [6.07, 6.45) is 5.97. The van der Waals surface area contributed by atoms with Crippen molar-refractivity contribution in [2.75, 3.05) is 5.32 Å². The highest BCUT2D eigenvalue weighted by atomic mass is 16.6. The average Bonchev–Trinajstić information content (AvgIpc) is 3.23. The number of anilines is 1. The molecule has 0 aliphatic rings. The van der Waals surface area contributed by atoms with E-state index in [9.17, 15) is 14.9 Å². The SMILES string of the molecule is Cc1cccc(Cn2cc(NC(=O)CCn3cc([N+](=O)[O-])cn3)cn2)c1. The van der Waals surface area contributed by atoms with Crippen molar-refractivity contribution >= 4 is 17.3 Å². The number of carbonyl (C=O) groups is 1. The quantitative estimate of drug-likeness (QED) is 0.518. The van der Waals surface area contributed by atoms with Crippen molar-refractivity contribution in [3.8, 4) is 0 Å². The van der Waals surface area contributed by atoms with Crippen molar-refractivity contribution in [1.82, 2.24) is 19.6 Å². The van der Waals surface area contributed by atoms with Crippen molar-refractivity contribution in [3.63, 3.8) is 0 Å². The van der Waals surface area contributed by atoms with E-state index in [-0.39, 0.29) is 24.6 Å². The van der Waals surface area contributed by atoms with Gasteiger partial charge in [-0.1, -0.05) is 29.8 Å². The molecule has 0 atom stereocenters. The Morgan fingerprint density at radius 2 is 2.04 bits per heavy atom. The molecule has 0 fully saturated rings. The molecule has 26 heavy (non-hydrogen) atoms. The highest BCUT2D eigenvalue weighted by molar-refractivity contribution is 5.90. The molecule has 0 radical (unpaired) electrons. The fourth-order valence-electron chi connectivity index (χ4n) is 2.52. The molecule has 0 saturated carbocycles. The van der Waals surface area contributed by atoms with Gasteiger partial charge in [-0.15, -0.1) is 0 Å². The van der Waals surface area contributed by atoms with E-state index in [4.69, 9.17) is 0 Å². The summed E-state index contributed by atoms with van der Waals surface area (Å²) >= 11 is 0. The first kappa shape index (κ1) is 17.3. The third-order valence-electron chi connectivity index (χ3n) is 3.74. The number of nitrogens with zero attached hydrogens (tertiary/aromatic N) is 5. The Morgan fingerprint density at radius 1 is 1.23 bits per heavy atom. The standard InChI is InChI=1S/C17H18N6O3/c1-13-3-2-4-14(7-13)10-22-11-15(8-18-22)20-17(24)5-6-21-12-16(9-19-21)23(25)26/h2-4,7-9,11-12H,5-6,10H2,1H3,(H,20,24). The van der Waals surface area contributed by atoms with Gasteiger partial charge in [0.1, 0.15) is 12.4 Å². The number of carbonyl (C=O) groups excluding carboxylic acids is 1. The molecule has 0 aliphatic carbocycles. The maximum Gasteiger partial charge on any atom is 0.306 e. The van der Waals surface area contributed by atoms with E-state index in [0.29, 0.717) is 12.2 Å². The van der Waals surface area contributed by atoms with Crippen LogP contribution in [0.25, 0.3) is 0 Å². The summed E-state index contributed by atoms with van der Waals surface area (Å²) in [6, 6.07) is 8.14. The Labute approximate surface area is 149 Å². The van der Waals surface area contributed by atoms with Gasteiger partial charge in [0.25, 0.3) is 0 Å². The molecule has 0 bridgehead atoms. The molecule has 3 aromatic rings. The van der Waals surface area contributed by atoms with Crippen molar-refractivity contribution in [2.24, 2.45) is 0 Å². The molecule has 9 nitrogen and oxygen atoms in total. The highest BCUT2D eigenvalue weighted by Crippen LogP contribution is 2.11. The number of hydrogen-bond donors (Lipinski definition) is 1. The molecule has 1 N–H and O–H groups in total. The van der Waals surface area contributed by atoms with E-state index >= 15 is 0 Å². The molecule has 0 spiro atoms. The van der Waals surface area contributed by atoms with E-state index in [1.54, 1.807) is 17.1 Å². The van der Waals surface area contributed by atoms with E-state index in [1.165, 1.54) is 16.4 Å². The first-order valence-electron chi connectivity index (χ1n) is 8.04. The van der Waals surface area contributed by atoms with Crippen molar-refractivity contribution in [1.29, 1.82) is 0 Å². The summed E-state index contributed by atoms with van der Waals surface area (Å²) in [5.74, 6) is -0.210. The molecule has 2 aromatic heterocycles. The zero-order valence-corrected chi connectivity index (χ0v) is 14.2. The van der Waals surface area contributed by atoms with Crippen LogP contribution in [0, 0.1) is 17.0 Å². The van der Waals surface area contributed by atoms with E-state index in [0.717, 1.165) is 11.8 Å². The molecule has 0 saturated heterocycles. The third-order valence-corrected chi connectivity index (χ3v) is 3.74. The molecule has 9 heteroatoms. The highest BCUT2D eigenvalue weighted by Gasteiger charge is 2.10. The molecule has 134 valence electrons. The van der Waals surface area contributed by atoms with Gasteiger partial charge in [0, 0.05) is 19.2 Å². The Bertz CT molecular complexity index is 930. The van der Waals surface area contributed by atoms with Gasteiger partial charge in [-0.05, 0) is 12.5 Å². The second-order valence-electron chi connectivity index (χ2n) is 5.93. The second-order valence-corrected chi connectivity index (χ2v) is 5.93. The van der Waals surface area contributed by atoms with Gasteiger partial charge in [-0.25, -0.2) is 0 Å². The van der Waals surface area contributed by atoms with Gasteiger partial charge in [-0.2, -0.15) is 10.2 Å². The summed E-state index contributed by atoms with van der Waals surface area (Å²) in [6.45, 7) is 2.91. The minimum absolute atomic E-state index is 0.0946. The number of amides is 1. The molecule has 0 unspecified atom stereocenters. The molecule has 1 aromatic carbocycles. The van der Waals surface area contributed by atoms with Gasteiger partial charge in [0.05, 0.1) is 23.4 Å². The fraction of sp³-hybridized carbons (Fsp3) is 0.235. The molecule has 0 aliphatic heterocycles. The summed E-state index contributed by atoms with van der Waals surface area (Å²) in [7, 11) is 0. The number of rotatable bonds is 7.